The summed E-state index contributed by atoms with van der Waals surface area (Å²) in [6.45, 7) is 3.57. The largest absolute Gasteiger partial charge is 0.409 e. The lowest BCUT2D eigenvalue weighted by molar-refractivity contribution is 0.0886. The van der Waals surface area contributed by atoms with Crippen molar-refractivity contribution >= 4 is 11.5 Å². The molecule has 0 aromatic heterocycles. The molecule has 5 nitrogen and oxygen atoms in total. The summed E-state index contributed by atoms with van der Waals surface area (Å²) in [6.07, 6.45) is 0. The van der Waals surface area contributed by atoms with Crippen LogP contribution in [0, 0.1) is 5.82 Å². The predicted octanol–water partition coefficient (Wildman–Crippen LogP) is 1.13. The van der Waals surface area contributed by atoms with Gasteiger partial charge in [0.05, 0.1) is 16.9 Å². The van der Waals surface area contributed by atoms with E-state index < -0.39 is 11.4 Å². The van der Waals surface area contributed by atoms with Crippen LogP contribution >= 0.6 is 0 Å². The lowest BCUT2D eigenvalue weighted by atomic mass is 10.1. The molecule has 18 heavy (non-hydrogen) atoms. The molecule has 0 bridgehead atoms. The summed E-state index contributed by atoms with van der Waals surface area (Å²) in [5.41, 5.74) is 5.00. The Balaban J connectivity index is 3.20. The van der Waals surface area contributed by atoms with Gasteiger partial charge in [0.2, 0.25) is 0 Å². The van der Waals surface area contributed by atoms with Crippen LogP contribution in [0.1, 0.15) is 19.4 Å². The molecule has 100 valence electrons. The van der Waals surface area contributed by atoms with Gasteiger partial charge in [-0.3, -0.25) is 0 Å². The number of amidine groups is 1. The van der Waals surface area contributed by atoms with E-state index in [4.69, 9.17) is 10.9 Å². The Morgan fingerprint density at radius 1 is 1.50 bits per heavy atom. The molecule has 0 heterocycles. The van der Waals surface area contributed by atoms with Crippen LogP contribution in [0.5, 0.6) is 0 Å². The van der Waals surface area contributed by atoms with E-state index in [1.807, 2.05) is 0 Å². The molecule has 1 rings (SSSR count). The molecule has 0 aliphatic carbocycles. The molecule has 4 N–H and O–H groups in total. The molecule has 0 aliphatic rings. The molecule has 0 fully saturated rings. The summed E-state index contributed by atoms with van der Waals surface area (Å²) in [7, 11) is 1.70. The van der Waals surface area contributed by atoms with Gasteiger partial charge in [-0.05, 0) is 26.0 Å². The second kappa shape index (κ2) is 5.22. The highest BCUT2D eigenvalue weighted by Gasteiger charge is 2.20. The lowest BCUT2D eigenvalue weighted by Gasteiger charge is -2.28. The smallest absolute Gasteiger partial charge is 0.175 e. The Morgan fingerprint density at radius 3 is 2.61 bits per heavy atom. The van der Waals surface area contributed by atoms with Crippen LogP contribution < -0.4 is 10.6 Å². The summed E-state index contributed by atoms with van der Waals surface area (Å²) >= 11 is 0. The monoisotopic (exact) mass is 255 g/mol. The van der Waals surface area contributed by atoms with Crippen molar-refractivity contribution in [3.63, 3.8) is 0 Å². The molecule has 0 amide bonds. The maximum atomic E-state index is 13.7. The Hall–Kier alpha value is -1.82. The van der Waals surface area contributed by atoms with Gasteiger partial charge in [-0.1, -0.05) is 11.2 Å². The molecule has 0 saturated carbocycles. The molecular formula is C12H18FN3O2. The van der Waals surface area contributed by atoms with E-state index >= 15 is 0 Å². The SMILES string of the molecule is CN(CC(C)(C)O)c1cccc(F)c1C(N)=NO. The average Bonchev–Trinajstić information content (AvgIpc) is 2.25. The van der Waals surface area contributed by atoms with E-state index in [2.05, 4.69) is 5.16 Å². The number of rotatable bonds is 4. The number of anilines is 1. The first kappa shape index (κ1) is 14.2. The maximum Gasteiger partial charge on any atom is 0.175 e. The van der Waals surface area contributed by atoms with Gasteiger partial charge in [-0.25, -0.2) is 4.39 Å². The summed E-state index contributed by atoms with van der Waals surface area (Å²) in [5, 5.41) is 21.3. The Bertz CT molecular complexity index is 455. The Morgan fingerprint density at radius 2 is 2.11 bits per heavy atom. The van der Waals surface area contributed by atoms with Crippen molar-refractivity contribution in [2.75, 3.05) is 18.5 Å². The van der Waals surface area contributed by atoms with Gasteiger partial charge in [0.15, 0.2) is 5.84 Å². The molecule has 0 spiro atoms. The fourth-order valence-electron chi connectivity index (χ4n) is 1.80. The highest BCUT2D eigenvalue weighted by Crippen LogP contribution is 2.23. The molecule has 0 atom stereocenters. The van der Waals surface area contributed by atoms with E-state index in [0.29, 0.717) is 5.69 Å². The third-order valence-corrected chi connectivity index (χ3v) is 2.39. The first-order chi connectivity index (χ1) is 8.26. The lowest BCUT2D eigenvalue weighted by Crippen LogP contribution is -2.37. The van der Waals surface area contributed by atoms with Crippen molar-refractivity contribution in [1.29, 1.82) is 0 Å². The first-order valence-corrected chi connectivity index (χ1v) is 5.46. The quantitative estimate of drug-likeness (QED) is 0.326. The van der Waals surface area contributed by atoms with Crippen molar-refractivity contribution in [2.45, 2.75) is 19.4 Å². The second-order valence-corrected chi connectivity index (χ2v) is 4.79. The number of hydrogen-bond acceptors (Lipinski definition) is 4. The number of oxime groups is 1. The van der Waals surface area contributed by atoms with Crippen LogP contribution in [-0.2, 0) is 0 Å². The number of nitrogens with zero attached hydrogens (tertiary/aromatic N) is 2. The van der Waals surface area contributed by atoms with E-state index in [0.717, 1.165) is 0 Å². The third kappa shape index (κ3) is 3.33. The van der Waals surface area contributed by atoms with Crippen LogP contribution in [0.2, 0.25) is 0 Å². The minimum Gasteiger partial charge on any atom is -0.409 e. The molecule has 1 aromatic rings. The molecule has 0 radical (unpaired) electrons. The first-order valence-electron chi connectivity index (χ1n) is 5.46. The van der Waals surface area contributed by atoms with Crippen LogP contribution in [0.15, 0.2) is 23.4 Å². The number of aliphatic hydroxyl groups is 1. The van der Waals surface area contributed by atoms with Crippen molar-refractivity contribution in [3.05, 3.63) is 29.6 Å². The molecule has 0 saturated heterocycles. The number of hydrogen-bond donors (Lipinski definition) is 3. The van der Waals surface area contributed by atoms with Crippen molar-refractivity contribution in [2.24, 2.45) is 10.9 Å². The van der Waals surface area contributed by atoms with Crippen molar-refractivity contribution in [1.82, 2.24) is 0 Å². The second-order valence-electron chi connectivity index (χ2n) is 4.79. The van der Waals surface area contributed by atoms with Crippen molar-refractivity contribution in [3.8, 4) is 0 Å². The number of benzene rings is 1. The molecule has 0 aliphatic heterocycles. The van der Waals surface area contributed by atoms with Crippen LogP contribution in [0.4, 0.5) is 10.1 Å². The van der Waals surface area contributed by atoms with Crippen LogP contribution in [0.3, 0.4) is 0 Å². The Labute approximate surface area is 105 Å². The van der Waals surface area contributed by atoms with Gasteiger partial charge >= 0.3 is 0 Å². The predicted molar refractivity (Wildman–Crippen MR) is 68.5 cm³/mol. The highest BCUT2D eigenvalue weighted by molar-refractivity contribution is 6.02. The van der Waals surface area contributed by atoms with Gasteiger partial charge in [0, 0.05) is 13.6 Å². The molecule has 0 unspecified atom stereocenters. The Kier molecular flexibility index (Phi) is 4.13. The zero-order valence-electron chi connectivity index (χ0n) is 10.7. The number of likely N-dealkylation sites (N-methyl/N-ethyl adjacent to an activating group) is 1. The number of halogens is 1. The summed E-state index contributed by atoms with van der Waals surface area (Å²) in [6, 6.07) is 4.40. The highest BCUT2D eigenvalue weighted by atomic mass is 19.1. The average molecular weight is 255 g/mol. The maximum absolute atomic E-state index is 13.7. The van der Waals surface area contributed by atoms with Gasteiger partial charge in [-0.15, -0.1) is 0 Å². The molecular weight excluding hydrogens is 237 g/mol. The summed E-state index contributed by atoms with van der Waals surface area (Å²) in [4.78, 5) is 1.65. The van der Waals surface area contributed by atoms with Gasteiger partial charge in [-0.2, -0.15) is 0 Å². The van der Waals surface area contributed by atoms with E-state index in [1.165, 1.54) is 12.1 Å². The zero-order valence-corrected chi connectivity index (χ0v) is 10.7. The van der Waals surface area contributed by atoms with E-state index in [1.54, 1.807) is 31.9 Å². The van der Waals surface area contributed by atoms with E-state index in [-0.39, 0.29) is 17.9 Å². The molecule has 1 aromatic carbocycles. The van der Waals surface area contributed by atoms with Crippen molar-refractivity contribution < 1.29 is 14.7 Å². The minimum atomic E-state index is -0.941. The van der Waals surface area contributed by atoms with Gasteiger partial charge in [0.25, 0.3) is 0 Å². The zero-order chi connectivity index (χ0) is 13.9. The summed E-state index contributed by atoms with van der Waals surface area (Å²) < 4.78 is 13.7. The van der Waals surface area contributed by atoms with Crippen LogP contribution in [-0.4, -0.2) is 35.3 Å². The van der Waals surface area contributed by atoms with Gasteiger partial charge < -0.3 is 20.9 Å². The summed E-state index contributed by atoms with van der Waals surface area (Å²) in [5.74, 6) is -0.879. The fourth-order valence-corrected chi connectivity index (χ4v) is 1.80. The normalized spacial score (nSPS) is 12.6. The topological polar surface area (TPSA) is 82.1 Å². The van der Waals surface area contributed by atoms with Gasteiger partial charge in [0.1, 0.15) is 5.82 Å². The standard InChI is InChI=1S/C12H18FN3O2/c1-12(2,17)7-16(3)9-6-4-5-8(13)10(9)11(14)15-18/h4-6,17-18H,7H2,1-3H3,(H2,14,15). The number of nitrogens with two attached hydrogens (primary N) is 1. The minimum absolute atomic E-state index is 0.0201. The third-order valence-electron chi connectivity index (χ3n) is 2.39. The fraction of sp³-hybridized carbons (Fsp3) is 0.417. The van der Waals surface area contributed by atoms with Crippen LogP contribution in [0.25, 0.3) is 0 Å². The molecule has 6 heteroatoms. The van der Waals surface area contributed by atoms with E-state index in [9.17, 15) is 9.50 Å².